The molecule has 0 saturated carbocycles. The number of para-hydroxylation sites is 1. The van der Waals surface area contributed by atoms with Crippen LogP contribution in [-0.2, 0) is 9.53 Å². The van der Waals surface area contributed by atoms with E-state index in [9.17, 15) is 14.4 Å². The summed E-state index contributed by atoms with van der Waals surface area (Å²) in [6.07, 6.45) is -0.687. The monoisotopic (exact) mass is 437 g/mol. The van der Waals surface area contributed by atoms with Crippen molar-refractivity contribution in [3.8, 4) is 11.3 Å². The Morgan fingerprint density at radius 3 is 2.55 bits per heavy atom. The van der Waals surface area contributed by atoms with E-state index in [1.807, 2.05) is 25.1 Å². The van der Waals surface area contributed by atoms with E-state index in [-0.39, 0.29) is 11.5 Å². The third kappa shape index (κ3) is 3.61. The molecule has 31 heavy (non-hydrogen) atoms. The number of ether oxygens (including phenoxy) is 1. The molecule has 2 aromatic carbocycles. The number of aromatic amines is 1. The minimum atomic E-state index is -0.687. The molecular weight excluding hydrogens is 416 g/mol. The highest BCUT2D eigenvalue weighted by Crippen LogP contribution is 2.37. The number of benzene rings is 2. The molecule has 0 aliphatic carbocycles. The fraction of sp³-hybridized carbons (Fsp3) is 0.227. The molecule has 1 aliphatic rings. The van der Waals surface area contributed by atoms with E-state index >= 15 is 0 Å². The molecule has 0 unspecified atom stereocenters. The number of H-pyrrole nitrogens is 1. The number of aromatic nitrogens is 3. The quantitative estimate of drug-likeness (QED) is 0.383. The molecule has 1 N–H and O–H groups in total. The summed E-state index contributed by atoms with van der Waals surface area (Å²) in [7, 11) is 1.32. The van der Waals surface area contributed by atoms with Crippen LogP contribution in [0.1, 0.15) is 35.9 Å². The number of hydrogen-bond donors (Lipinski definition) is 1. The number of anilines is 1. The van der Waals surface area contributed by atoms with Crippen LogP contribution in [-0.4, -0.2) is 34.8 Å². The predicted octanol–water partition coefficient (Wildman–Crippen LogP) is 2.54. The van der Waals surface area contributed by atoms with E-state index in [0.717, 1.165) is 5.75 Å². The third-order valence-corrected chi connectivity index (χ3v) is 5.75. The number of amides is 1. The van der Waals surface area contributed by atoms with Gasteiger partial charge in [-0.05, 0) is 46.8 Å². The lowest BCUT2D eigenvalue weighted by Gasteiger charge is -2.31. The van der Waals surface area contributed by atoms with E-state index < -0.39 is 12.1 Å². The second-order valence-electron chi connectivity index (χ2n) is 6.88. The minimum Gasteiger partial charge on any atom is -0.465 e. The zero-order valence-electron chi connectivity index (χ0n) is 17.3. The highest BCUT2D eigenvalue weighted by molar-refractivity contribution is 7.99. The van der Waals surface area contributed by atoms with Crippen molar-refractivity contribution in [3.05, 3.63) is 70.0 Å². The Balaban J connectivity index is 1.98. The fourth-order valence-electron chi connectivity index (χ4n) is 3.72. The van der Waals surface area contributed by atoms with Gasteiger partial charge in [-0.2, -0.15) is 0 Å². The third-order valence-electron chi connectivity index (χ3n) is 5.01. The number of nitrogens with one attached hydrogen (secondary N) is 1. The molecule has 0 bridgehead atoms. The SMILES string of the molecule is CCSc1n[n+]2c(c(=O)[nH]1)-c1ccccc1N(C(C)=O)[C@H]2c1ccc(C(=O)OC)cc1. The predicted molar refractivity (Wildman–Crippen MR) is 116 cm³/mol. The van der Waals surface area contributed by atoms with E-state index in [1.165, 1.54) is 25.8 Å². The Hall–Kier alpha value is -3.46. The van der Waals surface area contributed by atoms with Crippen molar-refractivity contribution in [1.82, 2.24) is 10.1 Å². The summed E-state index contributed by atoms with van der Waals surface area (Å²) >= 11 is 1.41. The van der Waals surface area contributed by atoms with Gasteiger partial charge >= 0.3 is 17.2 Å². The van der Waals surface area contributed by atoms with Gasteiger partial charge in [0.1, 0.15) is 0 Å². The highest BCUT2D eigenvalue weighted by Gasteiger charge is 2.44. The van der Waals surface area contributed by atoms with E-state index in [2.05, 4.69) is 10.1 Å². The Morgan fingerprint density at radius 1 is 1.19 bits per heavy atom. The zero-order valence-corrected chi connectivity index (χ0v) is 18.1. The van der Waals surface area contributed by atoms with Crippen LogP contribution in [0.4, 0.5) is 5.69 Å². The summed E-state index contributed by atoms with van der Waals surface area (Å²) in [6.45, 7) is 3.45. The summed E-state index contributed by atoms with van der Waals surface area (Å²) in [5.74, 6) is 0.0842. The Kier molecular flexibility index (Phi) is 5.60. The molecule has 9 heteroatoms. The maximum absolute atomic E-state index is 13.1. The maximum atomic E-state index is 13.1. The maximum Gasteiger partial charge on any atom is 0.337 e. The molecule has 1 amide bonds. The van der Waals surface area contributed by atoms with E-state index in [1.54, 1.807) is 39.9 Å². The van der Waals surface area contributed by atoms with Crippen LogP contribution in [0.5, 0.6) is 0 Å². The highest BCUT2D eigenvalue weighted by atomic mass is 32.2. The number of methoxy groups -OCH3 is 1. The van der Waals surface area contributed by atoms with Gasteiger partial charge in [-0.3, -0.25) is 14.6 Å². The molecule has 0 saturated heterocycles. The van der Waals surface area contributed by atoms with E-state index in [0.29, 0.717) is 33.2 Å². The number of thioether (sulfide) groups is 1. The van der Waals surface area contributed by atoms with Crippen molar-refractivity contribution in [1.29, 1.82) is 0 Å². The molecule has 1 aliphatic heterocycles. The van der Waals surface area contributed by atoms with Gasteiger partial charge in [-0.1, -0.05) is 30.8 Å². The number of hydrogen-bond acceptors (Lipinski definition) is 6. The molecule has 0 fully saturated rings. The first kappa shape index (κ1) is 20.8. The second kappa shape index (κ2) is 8.35. The molecular formula is C22H21N4O4S+. The molecule has 0 spiro atoms. The molecule has 8 nitrogen and oxygen atoms in total. The topological polar surface area (TPSA) is 96.2 Å². The number of carbonyl (C=O) groups excluding carboxylic acids is 2. The number of carbonyl (C=O) groups is 2. The Labute approximate surface area is 182 Å². The van der Waals surface area contributed by atoms with Crippen LogP contribution in [0.15, 0.2) is 58.5 Å². The fourth-order valence-corrected chi connectivity index (χ4v) is 4.31. The van der Waals surface area contributed by atoms with Gasteiger partial charge in [0, 0.05) is 17.6 Å². The Bertz CT molecular complexity index is 1220. The van der Waals surface area contributed by atoms with Crippen LogP contribution >= 0.6 is 11.8 Å². The Morgan fingerprint density at radius 2 is 1.90 bits per heavy atom. The molecule has 4 rings (SSSR count). The minimum absolute atomic E-state index is 0.195. The standard InChI is InChI=1S/C22H20N4O4S/c1-4-31-22-23-19(28)18-16-7-5-6-8-17(16)25(13(2)27)20(26(18)24-22)14-9-11-15(12-10-14)21(29)30-3/h5-12,20H,4H2,1-3H3/p+1/t20-/m1/s1. The van der Waals surface area contributed by atoms with Gasteiger partial charge in [0.2, 0.25) is 11.1 Å². The lowest BCUT2D eigenvalue weighted by molar-refractivity contribution is -0.763. The smallest absolute Gasteiger partial charge is 0.337 e. The average molecular weight is 438 g/mol. The lowest BCUT2D eigenvalue weighted by atomic mass is 10.0. The average Bonchev–Trinajstić information content (AvgIpc) is 2.77. The molecule has 158 valence electrons. The summed E-state index contributed by atoms with van der Waals surface area (Å²) in [6, 6.07) is 14.0. The molecule has 1 aromatic heterocycles. The summed E-state index contributed by atoms with van der Waals surface area (Å²) < 4.78 is 6.36. The van der Waals surface area contributed by atoms with Gasteiger partial charge in [0.25, 0.3) is 6.17 Å². The van der Waals surface area contributed by atoms with Gasteiger partial charge in [-0.15, -0.1) is 0 Å². The lowest BCUT2D eigenvalue weighted by Crippen LogP contribution is -2.60. The number of nitrogens with zero attached hydrogens (tertiary/aromatic N) is 3. The first-order valence-electron chi connectivity index (χ1n) is 9.72. The number of fused-ring (bicyclic) bond motifs is 3. The van der Waals surface area contributed by atoms with Crippen molar-refractivity contribution in [2.75, 3.05) is 17.8 Å². The first-order chi connectivity index (χ1) is 15.0. The molecule has 2 heterocycles. The summed E-state index contributed by atoms with van der Waals surface area (Å²) in [4.78, 5) is 42.1. The van der Waals surface area contributed by atoms with Crippen molar-refractivity contribution >= 4 is 29.3 Å². The van der Waals surface area contributed by atoms with Gasteiger partial charge in [-0.25, -0.2) is 9.69 Å². The van der Waals surface area contributed by atoms with Crippen molar-refractivity contribution in [3.63, 3.8) is 0 Å². The van der Waals surface area contributed by atoms with E-state index in [4.69, 9.17) is 4.74 Å². The van der Waals surface area contributed by atoms with Gasteiger partial charge in [0.15, 0.2) is 0 Å². The number of rotatable bonds is 4. The normalized spacial score (nSPS) is 14.5. The molecule has 0 radical (unpaired) electrons. The second-order valence-corrected chi connectivity index (χ2v) is 8.13. The van der Waals surface area contributed by atoms with Crippen LogP contribution < -0.4 is 15.1 Å². The zero-order chi connectivity index (χ0) is 22.1. The molecule has 1 atom stereocenters. The van der Waals surface area contributed by atoms with Crippen molar-refractivity contribution in [2.24, 2.45) is 0 Å². The van der Waals surface area contributed by atoms with Crippen LogP contribution in [0.2, 0.25) is 0 Å². The number of esters is 1. The van der Waals surface area contributed by atoms with Crippen molar-refractivity contribution in [2.45, 2.75) is 25.2 Å². The summed E-state index contributed by atoms with van der Waals surface area (Å²) in [5, 5.41) is 5.13. The van der Waals surface area contributed by atoms with Gasteiger partial charge < -0.3 is 4.74 Å². The largest absolute Gasteiger partial charge is 0.465 e. The van der Waals surface area contributed by atoms with Crippen molar-refractivity contribution < 1.29 is 19.0 Å². The van der Waals surface area contributed by atoms with Crippen LogP contribution in [0.25, 0.3) is 11.3 Å². The summed E-state index contributed by atoms with van der Waals surface area (Å²) in [5.41, 5.74) is 2.44. The molecule has 3 aromatic rings. The van der Waals surface area contributed by atoms with Gasteiger partial charge in [0.05, 0.1) is 23.9 Å². The van der Waals surface area contributed by atoms with Crippen LogP contribution in [0.3, 0.4) is 0 Å². The first-order valence-corrected chi connectivity index (χ1v) is 10.7. The van der Waals surface area contributed by atoms with Crippen LogP contribution in [0, 0.1) is 0 Å².